The maximum Gasteiger partial charge on any atom is 0.147 e. The summed E-state index contributed by atoms with van der Waals surface area (Å²) in [6.07, 6.45) is 21.3. The molecule has 3 aliphatic carbocycles. The van der Waals surface area contributed by atoms with Crippen molar-refractivity contribution in [2.45, 2.75) is 66.2 Å². The standard InChI is InChI=1S/C32H48N6.C2H6.H2O/c1-5-7-21-38(26-36-19-12-9-13-20-36)30(23-33-3)31(34-4)35-25-37(18-6-2)24-32-22-28(32)17-16-27-14-10-8-11-15-29(27)32;1-2;/h8,11,14-17,28,33,35H,4,6,9-10,12-13,18-26H2,1-3H3;1-2H3;1H2/b31-30+;;. The molecule has 7 heteroatoms. The number of nitrogens with zero attached hydrogens (tertiary/aromatic N) is 4. The molecule has 0 bridgehead atoms. The SMILES string of the molecule is C=N/C(NCN(CCC)CC12CC1C=CC1=CCC=CC=C12)=C(/CNC)N(CC#CC)CN1CCCCC1.CC.O. The molecule has 2 atom stereocenters. The summed E-state index contributed by atoms with van der Waals surface area (Å²) in [6, 6.07) is 0. The van der Waals surface area contributed by atoms with Crippen molar-refractivity contribution in [2.24, 2.45) is 16.3 Å². The molecule has 228 valence electrons. The summed E-state index contributed by atoms with van der Waals surface area (Å²) >= 11 is 0. The van der Waals surface area contributed by atoms with Gasteiger partial charge in [0.25, 0.3) is 0 Å². The Morgan fingerprint density at radius 3 is 2.71 bits per heavy atom. The van der Waals surface area contributed by atoms with Gasteiger partial charge in [0.05, 0.1) is 25.6 Å². The summed E-state index contributed by atoms with van der Waals surface area (Å²) < 4.78 is 0. The van der Waals surface area contributed by atoms with Crippen molar-refractivity contribution < 1.29 is 5.48 Å². The minimum absolute atomic E-state index is 0. The van der Waals surface area contributed by atoms with Crippen molar-refractivity contribution in [3.63, 3.8) is 0 Å². The van der Waals surface area contributed by atoms with Gasteiger partial charge >= 0.3 is 0 Å². The van der Waals surface area contributed by atoms with Gasteiger partial charge in [-0.2, -0.15) is 0 Å². The predicted octanol–water partition coefficient (Wildman–Crippen LogP) is 4.69. The van der Waals surface area contributed by atoms with E-state index in [9.17, 15) is 0 Å². The van der Waals surface area contributed by atoms with Crippen molar-refractivity contribution >= 4 is 6.72 Å². The Morgan fingerprint density at radius 2 is 2.02 bits per heavy atom. The van der Waals surface area contributed by atoms with Crippen molar-refractivity contribution in [1.82, 2.24) is 25.3 Å². The van der Waals surface area contributed by atoms with Crippen LogP contribution >= 0.6 is 0 Å². The monoisotopic (exact) mass is 564 g/mol. The van der Waals surface area contributed by atoms with E-state index in [2.05, 4.69) is 92.3 Å². The molecule has 0 aromatic heterocycles. The molecule has 2 fully saturated rings. The number of likely N-dealkylation sites (tertiary alicyclic amines) is 1. The molecular weight excluding hydrogens is 508 g/mol. The van der Waals surface area contributed by atoms with Crippen LogP contribution in [0.15, 0.2) is 64.1 Å². The average molecular weight is 565 g/mol. The highest BCUT2D eigenvalue weighted by Gasteiger charge is 2.57. The van der Waals surface area contributed by atoms with Crippen molar-refractivity contribution in [1.29, 1.82) is 0 Å². The Kier molecular flexibility index (Phi) is 15.2. The fourth-order valence-electron chi connectivity index (χ4n) is 6.26. The lowest BCUT2D eigenvalue weighted by Gasteiger charge is -2.35. The number of rotatable bonds is 14. The fourth-order valence-corrected chi connectivity index (χ4v) is 6.26. The van der Waals surface area contributed by atoms with Crippen LogP contribution in [0.3, 0.4) is 0 Å². The summed E-state index contributed by atoms with van der Waals surface area (Å²) in [7, 11) is 2.00. The van der Waals surface area contributed by atoms with Gasteiger partial charge in [-0.05, 0) is 89.5 Å². The van der Waals surface area contributed by atoms with E-state index in [0.29, 0.717) is 12.5 Å². The second-order valence-corrected chi connectivity index (χ2v) is 11.0. The van der Waals surface area contributed by atoms with Gasteiger partial charge < -0.3 is 21.0 Å². The average Bonchev–Trinajstić information content (AvgIpc) is 3.75. The first-order valence-corrected chi connectivity index (χ1v) is 15.6. The third kappa shape index (κ3) is 9.18. The van der Waals surface area contributed by atoms with E-state index in [1.54, 1.807) is 0 Å². The smallest absolute Gasteiger partial charge is 0.147 e. The van der Waals surface area contributed by atoms with E-state index in [1.165, 1.54) is 36.8 Å². The van der Waals surface area contributed by atoms with Crippen molar-refractivity contribution in [3.05, 3.63) is 59.1 Å². The Labute approximate surface area is 250 Å². The van der Waals surface area contributed by atoms with Gasteiger partial charge in [0, 0.05) is 18.5 Å². The Balaban J connectivity index is 0.00000192. The second-order valence-electron chi connectivity index (χ2n) is 11.0. The second kappa shape index (κ2) is 18.0. The van der Waals surface area contributed by atoms with Crippen LogP contribution in [-0.4, -0.2) is 86.5 Å². The number of aliphatic imine (C=N–C) groups is 1. The molecule has 1 aliphatic heterocycles. The van der Waals surface area contributed by atoms with Crippen LogP contribution in [0.4, 0.5) is 0 Å². The number of hydrogen-bond acceptors (Lipinski definition) is 6. The van der Waals surface area contributed by atoms with Crippen LogP contribution < -0.4 is 10.6 Å². The summed E-state index contributed by atoms with van der Waals surface area (Å²) in [5.41, 5.74) is 4.32. The van der Waals surface area contributed by atoms with Crippen LogP contribution in [0, 0.1) is 23.2 Å². The van der Waals surface area contributed by atoms with Gasteiger partial charge in [-0.3, -0.25) is 9.80 Å². The minimum Gasteiger partial charge on any atom is -0.412 e. The molecule has 0 amide bonds. The van der Waals surface area contributed by atoms with Gasteiger partial charge in [0.1, 0.15) is 5.82 Å². The quantitative estimate of drug-likeness (QED) is 0.182. The number of allylic oxidation sites excluding steroid dienone is 7. The lowest BCUT2D eigenvalue weighted by Crippen LogP contribution is -2.44. The fraction of sp³-hybridized carbons (Fsp3) is 0.618. The normalized spacial score (nSPS) is 23.0. The zero-order valence-electron chi connectivity index (χ0n) is 26.4. The summed E-state index contributed by atoms with van der Waals surface area (Å²) in [5, 5.41) is 7.07. The number of hydrogen-bond donors (Lipinski definition) is 2. The molecule has 1 saturated heterocycles. The molecule has 7 nitrogen and oxygen atoms in total. The predicted molar refractivity (Wildman–Crippen MR) is 175 cm³/mol. The molecule has 1 heterocycles. The van der Waals surface area contributed by atoms with Gasteiger partial charge in [-0.15, -0.1) is 5.92 Å². The third-order valence-electron chi connectivity index (χ3n) is 8.30. The maximum atomic E-state index is 4.52. The zero-order chi connectivity index (χ0) is 28.8. The molecule has 41 heavy (non-hydrogen) atoms. The summed E-state index contributed by atoms with van der Waals surface area (Å²) in [5.74, 6) is 7.90. The van der Waals surface area contributed by atoms with Crippen molar-refractivity contribution in [3.8, 4) is 11.8 Å². The molecule has 4 rings (SSSR count). The largest absolute Gasteiger partial charge is 0.412 e. The Morgan fingerprint density at radius 1 is 1.24 bits per heavy atom. The van der Waals surface area contributed by atoms with Crippen LogP contribution in [-0.2, 0) is 0 Å². The van der Waals surface area contributed by atoms with Gasteiger partial charge in [0.2, 0.25) is 0 Å². The summed E-state index contributed by atoms with van der Waals surface area (Å²) in [6.45, 7) is 19.6. The lowest BCUT2D eigenvalue weighted by atomic mass is 9.82. The minimum atomic E-state index is 0. The zero-order valence-corrected chi connectivity index (χ0v) is 26.4. The van der Waals surface area contributed by atoms with Crippen LogP contribution in [0.5, 0.6) is 0 Å². The molecule has 4 N–H and O–H groups in total. The van der Waals surface area contributed by atoms with Gasteiger partial charge in [0.15, 0.2) is 0 Å². The van der Waals surface area contributed by atoms with E-state index >= 15 is 0 Å². The van der Waals surface area contributed by atoms with Crippen LogP contribution in [0.2, 0.25) is 0 Å². The molecule has 1 saturated carbocycles. The molecule has 4 aliphatic rings. The molecular formula is C34H56N6O. The van der Waals surface area contributed by atoms with Crippen molar-refractivity contribution in [2.75, 3.05) is 59.7 Å². The van der Waals surface area contributed by atoms with Gasteiger partial charge in [-0.25, -0.2) is 4.99 Å². The highest BCUT2D eigenvalue weighted by Crippen LogP contribution is 2.63. The van der Waals surface area contributed by atoms with Crippen LogP contribution in [0.25, 0.3) is 0 Å². The topological polar surface area (TPSA) is 77.6 Å². The lowest BCUT2D eigenvalue weighted by molar-refractivity contribution is 0.143. The van der Waals surface area contributed by atoms with E-state index in [4.69, 9.17) is 0 Å². The molecule has 0 aromatic carbocycles. The van der Waals surface area contributed by atoms with Gasteiger partial charge in [-0.1, -0.05) is 69.6 Å². The third-order valence-corrected chi connectivity index (χ3v) is 8.30. The number of nitrogens with one attached hydrogen (secondary N) is 2. The Hall–Kier alpha value is -2.63. The highest BCUT2D eigenvalue weighted by atomic mass is 16.0. The van der Waals surface area contributed by atoms with E-state index in [1.807, 2.05) is 27.8 Å². The van der Waals surface area contributed by atoms with Crippen LogP contribution in [0.1, 0.15) is 66.2 Å². The summed E-state index contributed by atoms with van der Waals surface area (Å²) in [4.78, 5) is 12.0. The molecule has 0 radical (unpaired) electrons. The number of piperidine rings is 1. The first kappa shape index (κ1) is 34.6. The first-order valence-electron chi connectivity index (χ1n) is 15.6. The maximum absolute atomic E-state index is 4.52. The van der Waals surface area contributed by atoms with E-state index < -0.39 is 0 Å². The van der Waals surface area contributed by atoms with E-state index in [0.717, 1.165) is 70.4 Å². The van der Waals surface area contributed by atoms with E-state index in [-0.39, 0.29) is 10.9 Å². The molecule has 2 unspecified atom stereocenters. The number of likely N-dealkylation sites (N-methyl/N-ethyl adjacent to an activating group) is 1. The number of fused-ring (bicyclic) bond motifs is 3. The Bertz CT molecular complexity index is 1040. The first-order chi connectivity index (χ1) is 19.6. The molecule has 0 spiro atoms. The molecule has 0 aromatic rings. The highest BCUT2D eigenvalue weighted by molar-refractivity contribution is 5.55.